The van der Waals surface area contributed by atoms with Gasteiger partial charge in [0.05, 0.1) is 16.5 Å². The van der Waals surface area contributed by atoms with Crippen molar-refractivity contribution in [2.45, 2.75) is 30.7 Å². The molecular weight excluding hydrogens is 355 g/mol. The molecule has 1 aliphatic rings. The van der Waals surface area contributed by atoms with Crippen LogP contribution in [0.2, 0.25) is 0 Å². The zero-order valence-corrected chi connectivity index (χ0v) is 15.2. The van der Waals surface area contributed by atoms with E-state index in [2.05, 4.69) is 10.3 Å². The van der Waals surface area contributed by atoms with Crippen LogP contribution in [0.25, 0.3) is 11.0 Å². The van der Waals surface area contributed by atoms with E-state index in [9.17, 15) is 12.8 Å². The summed E-state index contributed by atoms with van der Waals surface area (Å²) >= 11 is 0. The number of piperidine rings is 1. The first-order chi connectivity index (χ1) is 12.4. The molecule has 0 saturated carbocycles. The molecular formula is C18H19FN4O2S. The lowest BCUT2D eigenvalue weighted by atomic mass is 10.1. The van der Waals surface area contributed by atoms with Crippen molar-refractivity contribution in [2.24, 2.45) is 0 Å². The summed E-state index contributed by atoms with van der Waals surface area (Å²) in [5.74, 6) is -0.448. The summed E-state index contributed by atoms with van der Waals surface area (Å²) in [6.07, 6.45) is 1.32. The molecule has 6 nitrogen and oxygen atoms in total. The zero-order valence-electron chi connectivity index (χ0n) is 14.3. The molecule has 136 valence electrons. The van der Waals surface area contributed by atoms with Gasteiger partial charge in [-0.2, -0.15) is 4.31 Å². The van der Waals surface area contributed by atoms with Crippen LogP contribution in [-0.2, 0) is 10.0 Å². The minimum Gasteiger partial charge on any atom is -0.242 e. The molecule has 0 amide bonds. The predicted octanol–water partition coefficient (Wildman–Crippen LogP) is 2.90. The molecule has 0 atom stereocenters. The normalized spacial score (nSPS) is 17.0. The van der Waals surface area contributed by atoms with Crippen molar-refractivity contribution in [1.29, 1.82) is 0 Å². The largest absolute Gasteiger partial charge is 0.243 e. The topological polar surface area (TPSA) is 68.1 Å². The highest BCUT2D eigenvalue weighted by atomic mass is 32.2. The maximum absolute atomic E-state index is 13.1. The van der Waals surface area contributed by atoms with Crippen LogP contribution in [0.5, 0.6) is 0 Å². The van der Waals surface area contributed by atoms with Gasteiger partial charge >= 0.3 is 0 Å². The fourth-order valence-electron chi connectivity index (χ4n) is 3.40. The minimum atomic E-state index is -3.60. The van der Waals surface area contributed by atoms with Gasteiger partial charge in [-0.25, -0.2) is 17.5 Å². The number of benzene rings is 2. The fourth-order valence-corrected chi connectivity index (χ4v) is 4.87. The van der Waals surface area contributed by atoms with E-state index in [4.69, 9.17) is 0 Å². The van der Waals surface area contributed by atoms with Gasteiger partial charge in [0.2, 0.25) is 10.0 Å². The van der Waals surface area contributed by atoms with Crippen LogP contribution in [0.4, 0.5) is 4.39 Å². The average Bonchev–Trinajstić information content (AvgIpc) is 3.05. The summed E-state index contributed by atoms with van der Waals surface area (Å²) in [4.78, 5) is 0.124. The molecule has 1 aromatic heterocycles. The third-order valence-corrected chi connectivity index (χ3v) is 6.76. The van der Waals surface area contributed by atoms with Crippen molar-refractivity contribution in [3.63, 3.8) is 0 Å². The summed E-state index contributed by atoms with van der Waals surface area (Å²) in [6, 6.07) is 11.1. The summed E-state index contributed by atoms with van der Waals surface area (Å²) < 4.78 is 41.8. The maximum Gasteiger partial charge on any atom is 0.243 e. The molecule has 3 aromatic rings. The summed E-state index contributed by atoms with van der Waals surface area (Å²) in [5.41, 5.74) is 2.95. The minimum absolute atomic E-state index is 0.113. The first kappa shape index (κ1) is 17.1. The zero-order chi connectivity index (χ0) is 18.3. The van der Waals surface area contributed by atoms with Gasteiger partial charge in [0.1, 0.15) is 11.3 Å². The van der Waals surface area contributed by atoms with E-state index in [1.54, 1.807) is 0 Å². The molecule has 0 aliphatic carbocycles. The van der Waals surface area contributed by atoms with Crippen LogP contribution < -0.4 is 0 Å². The van der Waals surface area contributed by atoms with E-state index in [-0.39, 0.29) is 10.9 Å². The Kier molecular flexibility index (Phi) is 4.24. The Hall–Kier alpha value is -2.32. The highest BCUT2D eigenvalue weighted by Gasteiger charge is 2.31. The van der Waals surface area contributed by atoms with E-state index >= 15 is 0 Å². The lowest BCUT2D eigenvalue weighted by Crippen LogP contribution is -2.39. The van der Waals surface area contributed by atoms with Crippen molar-refractivity contribution in [3.05, 3.63) is 53.8 Å². The van der Waals surface area contributed by atoms with Gasteiger partial charge in [-0.1, -0.05) is 11.3 Å². The number of rotatable bonds is 3. The van der Waals surface area contributed by atoms with Crippen molar-refractivity contribution in [1.82, 2.24) is 19.3 Å². The lowest BCUT2D eigenvalue weighted by Gasteiger charge is -2.31. The van der Waals surface area contributed by atoms with E-state index in [1.807, 2.05) is 29.8 Å². The Bertz CT molecular complexity index is 1040. The van der Waals surface area contributed by atoms with Gasteiger partial charge in [-0.05, 0) is 61.7 Å². The van der Waals surface area contributed by atoms with Gasteiger partial charge in [0.25, 0.3) is 0 Å². The van der Waals surface area contributed by atoms with Crippen LogP contribution in [0.15, 0.2) is 47.4 Å². The second-order valence-electron chi connectivity index (χ2n) is 6.62. The second-order valence-corrected chi connectivity index (χ2v) is 8.55. The maximum atomic E-state index is 13.1. The second kappa shape index (κ2) is 6.44. The van der Waals surface area contributed by atoms with E-state index in [0.29, 0.717) is 25.9 Å². The van der Waals surface area contributed by atoms with Gasteiger partial charge in [0.15, 0.2) is 0 Å². The molecule has 1 saturated heterocycles. The number of hydrogen-bond donors (Lipinski definition) is 0. The summed E-state index contributed by atoms with van der Waals surface area (Å²) in [6.45, 7) is 2.81. The van der Waals surface area contributed by atoms with Crippen LogP contribution in [0.3, 0.4) is 0 Å². The summed E-state index contributed by atoms with van der Waals surface area (Å²) in [5, 5.41) is 8.50. The van der Waals surface area contributed by atoms with Crippen LogP contribution >= 0.6 is 0 Å². The molecule has 0 N–H and O–H groups in total. The average molecular weight is 374 g/mol. The van der Waals surface area contributed by atoms with E-state index < -0.39 is 15.8 Å². The molecule has 0 radical (unpaired) electrons. The number of fused-ring (bicyclic) bond motifs is 1. The number of aromatic nitrogens is 3. The molecule has 1 aliphatic heterocycles. The van der Waals surface area contributed by atoms with Gasteiger partial charge in [-0.3, -0.25) is 0 Å². The lowest BCUT2D eigenvalue weighted by molar-refractivity contribution is 0.263. The quantitative estimate of drug-likeness (QED) is 0.707. The van der Waals surface area contributed by atoms with Crippen LogP contribution in [0.1, 0.15) is 24.4 Å². The molecule has 0 unspecified atom stereocenters. The molecule has 0 bridgehead atoms. The molecule has 8 heteroatoms. The van der Waals surface area contributed by atoms with Gasteiger partial charge in [-0.15, -0.1) is 5.10 Å². The highest BCUT2D eigenvalue weighted by molar-refractivity contribution is 7.89. The van der Waals surface area contributed by atoms with Crippen LogP contribution in [-0.4, -0.2) is 40.8 Å². The molecule has 4 rings (SSSR count). The Labute approximate surface area is 151 Å². The van der Waals surface area contributed by atoms with Crippen molar-refractivity contribution in [2.75, 3.05) is 13.1 Å². The molecule has 2 aromatic carbocycles. The number of nitrogens with zero attached hydrogens (tertiary/aromatic N) is 4. The predicted molar refractivity (Wildman–Crippen MR) is 95.7 cm³/mol. The van der Waals surface area contributed by atoms with Crippen molar-refractivity contribution < 1.29 is 12.8 Å². The van der Waals surface area contributed by atoms with Gasteiger partial charge in [0, 0.05) is 13.1 Å². The number of hydrogen-bond acceptors (Lipinski definition) is 4. The smallest absolute Gasteiger partial charge is 0.242 e. The van der Waals surface area contributed by atoms with Crippen molar-refractivity contribution >= 4 is 21.1 Å². The van der Waals surface area contributed by atoms with E-state index in [1.165, 1.54) is 28.6 Å². The van der Waals surface area contributed by atoms with Gasteiger partial charge < -0.3 is 0 Å². The first-order valence-corrected chi connectivity index (χ1v) is 9.96. The molecule has 26 heavy (non-hydrogen) atoms. The standard InChI is InChI=1S/C18H19FN4O2S/c1-13-2-7-18-17(12-13)20-21-23(18)15-8-10-22(11-9-15)26(24,25)16-5-3-14(19)4-6-16/h2-7,12,15H,8-11H2,1H3. The third-order valence-electron chi connectivity index (χ3n) is 4.85. The Morgan fingerprint density at radius 1 is 1.08 bits per heavy atom. The molecule has 2 heterocycles. The number of aryl methyl sites for hydroxylation is 1. The number of sulfonamides is 1. The highest BCUT2D eigenvalue weighted by Crippen LogP contribution is 2.28. The Morgan fingerprint density at radius 2 is 1.77 bits per heavy atom. The Morgan fingerprint density at radius 3 is 2.46 bits per heavy atom. The third kappa shape index (κ3) is 2.99. The van der Waals surface area contributed by atoms with E-state index in [0.717, 1.165) is 16.6 Å². The van der Waals surface area contributed by atoms with Crippen molar-refractivity contribution in [3.8, 4) is 0 Å². The van der Waals surface area contributed by atoms with Crippen LogP contribution in [0, 0.1) is 12.7 Å². The molecule has 1 fully saturated rings. The number of halogens is 1. The fraction of sp³-hybridized carbons (Fsp3) is 0.333. The first-order valence-electron chi connectivity index (χ1n) is 8.52. The SMILES string of the molecule is Cc1ccc2c(c1)nnn2C1CCN(S(=O)(=O)c2ccc(F)cc2)CC1. The summed E-state index contributed by atoms with van der Waals surface area (Å²) in [7, 11) is -3.60. The monoisotopic (exact) mass is 374 g/mol. The Balaban J connectivity index is 1.52. The molecule has 0 spiro atoms.